The Bertz CT molecular complexity index is 659. The van der Waals surface area contributed by atoms with Crippen molar-refractivity contribution in [2.75, 3.05) is 13.1 Å². The average molecular weight is 252 g/mol. The predicted molar refractivity (Wildman–Crippen MR) is 80.2 cm³/mol. The van der Waals surface area contributed by atoms with Crippen molar-refractivity contribution in [2.45, 2.75) is 19.3 Å². The smallest absolute Gasteiger partial charge is 0.0485 e. The van der Waals surface area contributed by atoms with E-state index >= 15 is 0 Å². The lowest BCUT2D eigenvalue weighted by atomic mass is 9.98. The molecule has 2 aliphatic rings. The Morgan fingerprint density at radius 2 is 2.05 bits per heavy atom. The van der Waals surface area contributed by atoms with Crippen LogP contribution in [0.5, 0.6) is 0 Å². The van der Waals surface area contributed by atoms with Gasteiger partial charge in [0.15, 0.2) is 0 Å². The molecule has 1 aliphatic carbocycles. The van der Waals surface area contributed by atoms with Gasteiger partial charge in [0, 0.05) is 30.2 Å². The maximum atomic E-state index is 3.53. The molecule has 2 nitrogen and oxygen atoms in total. The standard InChI is InChI=1S/C17H20N2/c1-19-16-5-3-2-4-14(16)15-9-11-18-10-8-13(17(15)19)12-6-7-12/h2-5,8,12,18H,6-7,9-11H2,1H3/b13-8-. The molecular weight excluding hydrogens is 232 g/mol. The highest BCUT2D eigenvalue weighted by Gasteiger charge is 2.31. The second-order valence-electron chi connectivity index (χ2n) is 5.79. The molecule has 2 aromatic rings. The van der Waals surface area contributed by atoms with Crippen molar-refractivity contribution >= 4 is 16.5 Å². The number of para-hydroxylation sites is 1. The second-order valence-corrected chi connectivity index (χ2v) is 5.79. The summed E-state index contributed by atoms with van der Waals surface area (Å²) >= 11 is 0. The molecule has 0 bridgehead atoms. The zero-order chi connectivity index (χ0) is 12.8. The van der Waals surface area contributed by atoms with Gasteiger partial charge < -0.3 is 9.88 Å². The van der Waals surface area contributed by atoms with Crippen LogP contribution in [-0.2, 0) is 13.5 Å². The highest BCUT2D eigenvalue weighted by atomic mass is 15.0. The van der Waals surface area contributed by atoms with Crippen LogP contribution in [-0.4, -0.2) is 17.7 Å². The van der Waals surface area contributed by atoms with Crippen LogP contribution < -0.4 is 5.32 Å². The van der Waals surface area contributed by atoms with Crippen molar-refractivity contribution in [3.8, 4) is 0 Å². The molecule has 1 N–H and O–H groups in total. The Morgan fingerprint density at radius 1 is 1.21 bits per heavy atom. The van der Waals surface area contributed by atoms with Crippen LogP contribution in [0.25, 0.3) is 16.5 Å². The molecule has 19 heavy (non-hydrogen) atoms. The van der Waals surface area contributed by atoms with E-state index in [2.05, 4.69) is 47.3 Å². The molecule has 0 atom stereocenters. The zero-order valence-electron chi connectivity index (χ0n) is 11.4. The van der Waals surface area contributed by atoms with E-state index in [0.717, 1.165) is 25.4 Å². The maximum absolute atomic E-state index is 3.53. The minimum Gasteiger partial charge on any atom is -0.344 e. The molecule has 2 heterocycles. The van der Waals surface area contributed by atoms with E-state index in [1.165, 1.54) is 29.4 Å². The number of hydrogen-bond acceptors (Lipinski definition) is 1. The summed E-state index contributed by atoms with van der Waals surface area (Å²) < 4.78 is 2.42. The summed E-state index contributed by atoms with van der Waals surface area (Å²) in [6, 6.07) is 8.84. The molecule has 0 radical (unpaired) electrons. The largest absolute Gasteiger partial charge is 0.344 e. The summed E-state index contributed by atoms with van der Waals surface area (Å²) in [6.45, 7) is 2.10. The van der Waals surface area contributed by atoms with Crippen molar-refractivity contribution in [2.24, 2.45) is 13.0 Å². The molecule has 0 spiro atoms. The number of nitrogens with zero attached hydrogens (tertiary/aromatic N) is 1. The van der Waals surface area contributed by atoms with Gasteiger partial charge in [-0.2, -0.15) is 0 Å². The van der Waals surface area contributed by atoms with Crippen LogP contribution in [0.3, 0.4) is 0 Å². The third-order valence-corrected chi connectivity index (χ3v) is 4.52. The van der Waals surface area contributed by atoms with Gasteiger partial charge in [0.25, 0.3) is 0 Å². The van der Waals surface area contributed by atoms with Crippen LogP contribution in [0, 0.1) is 5.92 Å². The van der Waals surface area contributed by atoms with Crippen LogP contribution in [0.15, 0.2) is 30.3 Å². The van der Waals surface area contributed by atoms with Gasteiger partial charge in [-0.1, -0.05) is 24.3 Å². The van der Waals surface area contributed by atoms with Crippen LogP contribution >= 0.6 is 0 Å². The third kappa shape index (κ3) is 1.74. The Kier molecular flexibility index (Phi) is 2.52. The monoisotopic (exact) mass is 252 g/mol. The molecule has 98 valence electrons. The van der Waals surface area contributed by atoms with Crippen molar-refractivity contribution in [1.29, 1.82) is 0 Å². The molecule has 2 heteroatoms. The summed E-state index contributed by atoms with van der Waals surface area (Å²) in [7, 11) is 2.23. The lowest BCUT2D eigenvalue weighted by molar-refractivity contribution is 0.733. The molecule has 0 amide bonds. The summed E-state index contributed by atoms with van der Waals surface area (Å²) in [6.07, 6.45) is 6.30. The van der Waals surface area contributed by atoms with Gasteiger partial charge in [0.05, 0.1) is 0 Å². The normalized spacial score (nSPS) is 22.5. The fourth-order valence-corrected chi connectivity index (χ4v) is 3.44. The molecule has 4 rings (SSSR count). The number of hydrogen-bond donors (Lipinski definition) is 1. The summed E-state index contributed by atoms with van der Waals surface area (Å²) in [5.41, 5.74) is 6.01. The fourth-order valence-electron chi connectivity index (χ4n) is 3.44. The van der Waals surface area contributed by atoms with Crippen molar-refractivity contribution in [3.63, 3.8) is 0 Å². The first-order valence-electron chi connectivity index (χ1n) is 7.33. The molecule has 0 unspecified atom stereocenters. The quantitative estimate of drug-likeness (QED) is 0.825. The van der Waals surface area contributed by atoms with Crippen LogP contribution in [0.4, 0.5) is 0 Å². The molecule has 1 saturated carbocycles. The van der Waals surface area contributed by atoms with E-state index < -0.39 is 0 Å². The Balaban J connectivity index is 2.02. The van der Waals surface area contributed by atoms with E-state index in [9.17, 15) is 0 Å². The molecular formula is C17H20N2. The summed E-state index contributed by atoms with van der Waals surface area (Å²) in [5, 5.41) is 4.97. The van der Waals surface area contributed by atoms with Gasteiger partial charge >= 0.3 is 0 Å². The minimum absolute atomic E-state index is 0.807. The van der Waals surface area contributed by atoms with Crippen molar-refractivity contribution in [1.82, 2.24) is 9.88 Å². The lowest BCUT2D eigenvalue weighted by Gasteiger charge is -2.15. The number of aromatic nitrogens is 1. The number of nitrogens with one attached hydrogen (secondary N) is 1. The second kappa shape index (κ2) is 4.24. The molecule has 1 aromatic carbocycles. The first-order valence-corrected chi connectivity index (χ1v) is 7.33. The Hall–Kier alpha value is -1.54. The van der Waals surface area contributed by atoms with Crippen molar-refractivity contribution in [3.05, 3.63) is 41.6 Å². The molecule has 1 aromatic heterocycles. The minimum atomic E-state index is 0.807. The predicted octanol–water partition coefficient (Wildman–Crippen LogP) is 3.12. The number of allylic oxidation sites excluding steroid dienone is 1. The molecule has 1 aliphatic heterocycles. The number of benzene rings is 1. The summed E-state index contributed by atoms with van der Waals surface area (Å²) in [5.74, 6) is 0.807. The number of fused-ring (bicyclic) bond motifs is 3. The summed E-state index contributed by atoms with van der Waals surface area (Å²) in [4.78, 5) is 0. The first-order chi connectivity index (χ1) is 9.36. The third-order valence-electron chi connectivity index (χ3n) is 4.52. The molecule has 1 fully saturated rings. The topological polar surface area (TPSA) is 17.0 Å². The zero-order valence-corrected chi connectivity index (χ0v) is 11.4. The van der Waals surface area contributed by atoms with Gasteiger partial charge in [0.2, 0.25) is 0 Å². The Morgan fingerprint density at radius 3 is 2.89 bits per heavy atom. The van der Waals surface area contributed by atoms with Gasteiger partial charge in [-0.3, -0.25) is 0 Å². The number of rotatable bonds is 1. The molecule has 0 saturated heterocycles. The maximum Gasteiger partial charge on any atom is 0.0485 e. The van der Waals surface area contributed by atoms with Crippen LogP contribution in [0.1, 0.15) is 24.1 Å². The fraction of sp³-hybridized carbons (Fsp3) is 0.412. The van der Waals surface area contributed by atoms with E-state index in [4.69, 9.17) is 0 Å². The SMILES string of the molecule is Cn1c2c(c3ccccc31)CCNC/C=C\2C1CC1. The van der Waals surface area contributed by atoms with Crippen LogP contribution in [0.2, 0.25) is 0 Å². The van der Waals surface area contributed by atoms with Gasteiger partial charge in [-0.05, 0) is 48.9 Å². The highest BCUT2D eigenvalue weighted by molar-refractivity contribution is 5.91. The van der Waals surface area contributed by atoms with E-state index in [0.29, 0.717) is 0 Å². The lowest BCUT2D eigenvalue weighted by Crippen LogP contribution is -2.20. The highest BCUT2D eigenvalue weighted by Crippen LogP contribution is 2.44. The average Bonchev–Trinajstić information content (AvgIpc) is 3.19. The van der Waals surface area contributed by atoms with Gasteiger partial charge in [0.1, 0.15) is 0 Å². The Labute approximate surface area is 114 Å². The van der Waals surface area contributed by atoms with E-state index in [1.54, 1.807) is 11.1 Å². The van der Waals surface area contributed by atoms with Crippen molar-refractivity contribution < 1.29 is 0 Å². The number of aryl methyl sites for hydroxylation is 1. The van der Waals surface area contributed by atoms with Gasteiger partial charge in [-0.15, -0.1) is 0 Å². The van der Waals surface area contributed by atoms with E-state index in [1.807, 2.05) is 0 Å². The van der Waals surface area contributed by atoms with Gasteiger partial charge in [-0.25, -0.2) is 0 Å². The first kappa shape index (κ1) is 11.3. The van der Waals surface area contributed by atoms with E-state index in [-0.39, 0.29) is 0 Å².